The van der Waals surface area contributed by atoms with Crippen LogP contribution >= 0.6 is 0 Å². The molecule has 152 valence electrons. The minimum Gasteiger partial charge on any atom is -0.491 e. The third-order valence-electron chi connectivity index (χ3n) is 5.83. The first kappa shape index (κ1) is 18.8. The molecule has 1 fully saturated rings. The Morgan fingerprint density at radius 3 is 2.63 bits per heavy atom. The summed E-state index contributed by atoms with van der Waals surface area (Å²) in [6, 6.07) is 24.9. The number of hydrogen-bond acceptors (Lipinski definition) is 5. The molecule has 1 aromatic heterocycles. The second kappa shape index (κ2) is 7.89. The van der Waals surface area contributed by atoms with Crippen LogP contribution in [0.1, 0.15) is 12.0 Å². The van der Waals surface area contributed by atoms with E-state index < -0.39 is 0 Å². The van der Waals surface area contributed by atoms with E-state index in [1.54, 1.807) is 12.7 Å². The van der Waals surface area contributed by atoms with Gasteiger partial charge >= 0.3 is 0 Å². The van der Waals surface area contributed by atoms with Crippen LogP contribution in [0.4, 0.5) is 0 Å². The van der Waals surface area contributed by atoms with Gasteiger partial charge in [-0.2, -0.15) is 10.2 Å². The largest absolute Gasteiger partial charge is 0.491 e. The average Bonchev–Trinajstić information content (AvgIpc) is 3.41. The first-order valence-electron chi connectivity index (χ1n) is 10.1. The van der Waals surface area contributed by atoms with Crippen LogP contribution in [0.3, 0.4) is 0 Å². The summed E-state index contributed by atoms with van der Waals surface area (Å²) >= 11 is 0. The maximum absolute atomic E-state index is 6.26. The first-order valence-corrected chi connectivity index (χ1v) is 10.1. The second-order valence-electron chi connectivity index (χ2n) is 7.74. The molecule has 0 N–H and O–H groups in total. The van der Waals surface area contributed by atoms with E-state index in [2.05, 4.69) is 52.5 Å². The minimum atomic E-state index is -0.373. The molecule has 0 bridgehead atoms. The quantitative estimate of drug-likeness (QED) is 0.489. The molecule has 1 aliphatic heterocycles. The summed E-state index contributed by atoms with van der Waals surface area (Å²) < 4.78 is 7.86. The lowest BCUT2D eigenvalue weighted by Gasteiger charge is -2.34. The van der Waals surface area contributed by atoms with Gasteiger partial charge in [0.1, 0.15) is 31.1 Å². The molecule has 0 amide bonds. The van der Waals surface area contributed by atoms with Gasteiger partial charge in [-0.15, -0.1) is 0 Å². The fourth-order valence-corrected chi connectivity index (χ4v) is 4.28. The van der Waals surface area contributed by atoms with Crippen molar-refractivity contribution < 1.29 is 9.57 Å². The van der Waals surface area contributed by atoms with Crippen molar-refractivity contribution in [3.05, 3.63) is 91.0 Å². The third-order valence-corrected chi connectivity index (χ3v) is 5.83. The smallest absolute Gasteiger partial charge is 0.137 e. The number of hydrogen-bond donors (Lipinski definition) is 0. The van der Waals surface area contributed by atoms with Gasteiger partial charge in [0.15, 0.2) is 0 Å². The number of rotatable bonds is 6. The first-order chi connectivity index (χ1) is 14.7. The van der Waals surface area contributed by atoms with Gasteiger partial charge in [0.2, 0.25) is 0 Å². The van der Waals surface area contributed by atoms with Crippen LogP contribution in [0, 0.1) is 0 Å². The summed E-state index contributed by atoms with van der Waals surface area (Å²) in [6.45, 7) is 1.13. The van der Waals surface area contributed by atoms with Crippen molar-refractivity contribution in [2.75, 3.05) is 13.7 Å². The molecule has 6 nitrogen and oxygen atoms in total. The topological polar surface area (TPSA) is 52.4 Å². The Kier molecular flexibility index (Phi) is 4.94. The summed E-state index contributed by atoms with van der Waals surface area (Å²) in [5.74, 6) is 0.850. The van der Waals surface area contributed by atoms with E-state index in [-0.39, 0.29) is 11.6 Å². The molecule has 0 aliphatic carbocycles. The van der Waals surface area contributed by atoms with Gasteiger partial charge in [-0.3, -0.25) is 9.52 Å². The van der Waals surface area contributed by atoms with E-state index >= 15 is 0 Å². The normalized spacial score (nSPS) is 21.8. The Labute approximate surface area is 175 Å². The van der Waals surface area contributed by atoms with Gasteiger partial charge in [0.05, 0.1) is 12.1 Å². The number of aromatic nitrogens is 3. The van der Waals surface area contributed by atoms with Crippen LogP contribution in [-0.2, 0) is 16.9 Å². The van der Waals surface area contributed by atoms with Gasteiger partial charge in [0, 0.05) is 13.5 Å². The Hall–Kier alpha value is -3.22. The van der Waals surface area contributed by atoms with Crippen molar-refractivity contribution in [3.63, 3.8) is 0 Å². The van der Waals surface area contributed by atoms with Gasteiger partial charge in [0.25, 0.3) is 0 Å². The van der Waals surface area contributed by atoms with Gasteiger partial charge in [-0.25, -0.2) is 4.98 Å². The molecule has 3 aromatic carbocycles. The van der Waals surface area contributed by atoms with Crippen LogP contribution in [0.5, 0.6) is 5.75 Å². The van der Waals surface area contributed by atoms with Gasteiger partial charge < -0.3 is 4.74 Å². The Balaban J connectivity index is 1.46. The van der Waals surface area contributed by atoms with Crippen LogP contribution in [0.25, 0.3) is 10.8 Å². The highest BCUT2D eigenvalue weighted by Crippen LogP contribution is 2.42. The summed E-state index contributed by atoms with van der Waals surface area (Å²) in [6.07, 6.45) is 4.05. The van der Waals surface area contributed by atoms with Crippen LogP contribution < -0.4 is 4.74 Å². The van der Waals surface area contributed by atoms with Crippen molar-refractivity contribution >= 4 is 10.8 Å². The number of fused-ring (bicyclic) bond motifs is 1. The lowest BCUT2D eigenvalue weighted by Crippen LogP contribution is -2.42. The maximum Gasteiger partial charge on any atom is 0.137 e. The Bertz CT molecular complexity index is 1120. The van der Waals surface area contributed by atoms with E-state index in [0.29, 0.717) is 13.2 Å². The lowest BCUT2D eigenvalue weighted by molar-refractivity contribution is -0.180. The fraction of sp³-hybridized carbons (Fsp3) is 0.250. The molecule has 30 heavy (non-hydrogen) atoms. The van der Waals surface area contributed by atoms with Crippen LogP contribution in [0.2, 0.25) is 0 Å². The van der Waals surface area contributed by atoms with Crippen LogP contribution in [-0.4, -0.2) is 39.6 Å². The maximum atomic E-state index is 6.26. The fourth-order valence-electron chi connectivity index (χ4n) is 4.28. The molecule has 0 saturated carbocycles. The average molecular weight is 400 g/mol. The van der Waals surface area contributed by atoms with Crippen LogP contribution in [0.15, 0.2) is 85.5 Å². The number of benzene rings is 3. The van der Waals surface area contributed by atoms with Crippen molar-refractivity contribution in [1.29, 1.82) is 0 Å². The number of ether oxygens (including phenoxy) is 1. The molecule has 5 rings (SSSR count). The molecule has 4 aromatic rings. The van der Waals surface area contributed by atoms with Crippen molar-refractivity contribution in [2.45, 2.75) is 24.6 Å². The number of para-hydroxylation sites is 1. The minimum absolute atomic E-state index is 0.0646. The van der Waals surface area contributed by atoms with Crippen molar-refractivity contribution in [1.82, 2.24) is 19.8 Å². The van der Waals surface area contributed by atoms with Crippen molar-refractivity contribution in [3.8, 4) is 5.75 Å². The molecule has 0 radical (unpaired) electrons. The summed E-state index contributed by atoms with van der Waals surface area (Å²) in [4.78, 5) is 10.4. The van der Waals surface area contributed by atoms with Gasteiger partial charge in [-0.05, 0) is 34.5 Å². The summed E-state index contributed by atoms with van der Waals surface area (Å²) in [5, 5.41) is 8.77. The predicted molar refractivity (Wildman–Crippen MR) is 115 cm³/mol. The van der Waals surface area contributed by atoms with E-state index in [0.717, 1.165) is 12.2 Å². The van der Waals surface area contributed by atoms with Crippen molar-refractivity contribution in [2.24, 2.45) is 0 Å². The molecule has 2 atom stereocenters. The van der Waals surface area contributed by atoms with E-state index in [1.807, 2.05) is 47.1 Å². The number of hydroxylamine groups is 2. The van der Waals surface area contributed by atoms with E-state index in [9.17, 15) is 0 Å². The highest BCUT2D eigenvalue weighted by atomic mass is 16.7. The predicted octanol–water partition coefficient (Wildman–Crippen LogP) is 4.04. The Morgan fingerprint density at radius 2 is 1.83 bits per heavy atom. The highest BCUT2D eigenvalue weighted by Gasteiger charge is 2.47. The van der Waals surface area contributed by atoms with Gasteiger partial charge in [-0.1, -0.05) is 54.6 Å². The third kappa shape index (κ3) is 3.56. The number of nitrogens with zero attached hydrogens (tertiary/aromatic N) is 4. The monoisotopic (exact) mass is 400 g/mol. The molecule has 1 saturated heterocycles. The summed E-state index contributed by atoms with van der Waals surface area (Å²) in [5.41, 5.74) is 0.823. The molecule has 2 heterocycles. The molecule has 0 spiro atoms. The number of likely N-dealkylation sites (N-methyl/N-ethyl adjacent to an activating group) is 1. The van der Waals surface area contributed by atoms with E-state index in [4.69, 9.17) is 9.57 Å². The molecule has 1 aliphatic rings. The SMILES string of the molecule is CN1OC(COc2ccccc2)CC1(Cn1cncn1)c1ccc2ccccc2c1. The lowest BCUT2D eigenvalue weighted by atomic mass is 9.84. The second-order valence-corrected chi connectivity index (χ2v) is 7.74. The zero-order valence-corrected chi connectivity index (χ0v) is 16.9. The van der Waals surface area contributed by atoms with E-state index in [1.165, 1.54) is 16.3 Å². The molecular weight excluding hydrogens is 376 g/mol. The summed E-state index contributed by atoms with van der Waals surface area (Å²) in [7, 11) is 1.99. The Morgan fingerprint density at radius 1 is 1.03 bits per heavy atom. The zero-order valence-electron chi connectivity index (χ0n) is 16.9. The highest BCUT2D eigenvalue weighted by molar-refractivity contribution is 5.83. The molecule has 2 unspecified atom stereocenters. The zero-order chi connectivity index (χ0) is 20.4. The standard InChI is InChI=1S/C24H24N4O2/c1-27-24(16-28-18-25-17-26-28,21-12-11-19-7-5-6-8-20(19)13-21)14-23(30-27)15-29-22-9-3-2-4-10-22/h2-13,17-18,23H,14-16H2,1H3. The molecular formula is C24H24N4O2. The molecule has 6 heteroatoms.